The van der Waals surface area contributed by atoms with Gasteiger partial charge < -0.3 is 10.2 Å². The van der Waals surface area contributed by atoms with Crippen LogP contribution in [0.15, 0.2) is 109 Å². The van der Waals surface area contributed by atoms with Crippen molar-refractivity contribution < 1.29 is 9.59 Å². The van der Waals surface area contributed by atoms with E-state index in [2.05, 4.69) is 5.32 Å². The fraction of sp³-hybridized carbons (Fsp3) is 0.188. The van der Waals surface area contributed by atoms with Gasteiger partial charge >= 0.3 is 0 Å². The molecule has 1 atom stereocenters. The molecule has 194 valence electrons. The molecule has 0 fully saturated rings. The van der Waals surface area contributed by atoms with Crippen LogP contribution in [0.4, 0.5) is 0 Å². The van der Waals surface area contributed by atoms with Crippen LogP contribution in [0, 0.1) is 0 Å². The number of likely N-dealkylation sites (N-methyl/N-ethyl adjacent to an activating group) is 1. The molecule has 0 bridgehead atoms. The van der Waals surface area contributed by atoms with Crippen LogP contribution in [0.3, 0.4) is 0 Å². The molecule has 4 aromatic rings. The summed E-state index contributed by atoms with van der Waals surface area (Å²) in [5.74, 6) is -0.545. The lowest BCUT2D eigenvalue weighted by Gasteiger charge is -2.33. The van der Waals surface area contributed by atoms with Crippen molar-refractivity contribution in [2.45, 2.75) is 31.3 Å². The summed E-state index contributed by atoms with van der Waals surface area (Å²) in [5, 5.41) is 3.72. The van der Waals surface area contributed by atoms with Crippen molar-refractivity contribution in [3.63, 3.8) is 0 Å². The SMILES string of the molecule is CNC(=O)[C@H](Cc1ccccc1)N(Cc1ccc(Cl)cc1Cl)C(=O)CC(c1ccccc1)c1ccccc1. The molecule has 6 heteroatoms. The molecule has 0 unspecified atom stereocenters. The predicted octanol–water partition coefficient (Wildman–Crippen LogP) is 6.90. The maximum absolute atomic E-state index is 14.2. The van der Waals surface area contributed by atoms with E-state index in [-0.39, 0.29) is 30.7 Å². The number of halogens is 2. The fourth-order valence-corrected chi connectivity index (χ4v) is 5.11. The lowest BCUT2D eigenvalue weighted by molar-refractivity contribution is -0.141. The normalized spacial score (nSPS) is 11.7. The summed E-state index contributed by atoms with van der Waals surface area (Å²) < 4.78 is 0. The maximum atomic E-state index is 14.2. The van der Waals surface area contributed by atoms with Gasteiger partial charge in [-0.3, -0.25) is 9.59 Å². The van der Waals surface area contributed by atoms with Gasteiger partial charge in [0.1, 0.15) is 6.04 Å². The van der Waals surface area contributed by atoms with E-state index in [4.69, 9.17) is 23.2 Å². The van der Waals surface area contributed by atoms with E-state index in [9.17, 15) is 9.59 Å². The summed E-state index contributed by atoms with van der Waals surface area (Å²) in [5.41, 5.74) is 3.76. The van der Waals surface area contributed by atoms with Gasteiger partial charge in [-0.15, -0.1) is 0 Å². The smallest absolute Gasteiger partial charge is 0.242 e. The number of nitrogens with one attached hydrogen (secondary N) is 1. The molecule has 38 heavy (non-hydrogen) atoms. The first-order valence-corrected chi connectivity index (χ1v) is 13.3. The van der Waals surface area contributed by atoms with Crippen molar-refractivity contribution >= 4 is 35.0 Å². The van der Waals surface area contributed by atoms with E-state index in [1.807, 2.05) is 91.0 Å². The Morgan fingerprint density at radius 2 is 1.34 bits per heavy atom. The predicted molar refractivity (Wildman–Crippen MR) is 154 cm³/mol. The quantitative estimate of drug-likeness (QED) is 0.236. The highest BCUT2D eigenvalue weighted by Crippen LogP contribution is 2.31. The first-order valence-electron chi connectivity index (χ1n) is 12.5. The van der Waals surface area contributed by atoms with Crippen LogP contribution in [0.25, 0.3) is 0 Å². The second-order valence-corrected chi connectivity index (χ2v) is 10.00. The van der Waals surface area contributed by atoms with E-state index < -0.39 is 6.04 Å². The number of amides is 2. The summed E-state index contributed by atoms with van der Waals surface area (Å²) in [4.78, 5) is 29.1. The first-order chi connectivity index (χ1) is 18.5. The van der Waals surface area contributed by atoms with Gasteiger partial charge in [0.05, 0.1) is 0 Å². The Kier molecular flexibility index (Phi) is 9.58. The van der Waals surface area contributed by atoms with Gasteiger partial charge in [0.2, 0.25) is 11.8 Å². The Hall–Kier alpha value is -3.60. The van der Waals surface area contributed by atoms with Crippen molar-refractivity contribution in [1.82, 2.24) is 10.2 Å². The second-order valence-electron chi connectivity index (χ2n) is 9.16. The number of benzene rings is 4. The minimum Gasteiger partial charge on any atom is -0.357 e. The molecule has 0 saturated carbocycles. The van der Waals surface area contributed by atoms with Crippen molar-refractivity contribution in [3.05, 3.63) is 141 Å². The van der Waals surface area contributed by atoms with Crippen LogP contribution in [0.5, 0.6) is 0 Å². The Labute approximate surface area is 234 Å². The molecular weight excluding hydrogens is 515 g/mol. The minimum absolute atomic E-state index is 0.141. The number of carbonyl (C=O) groups excluding carboxylic acids is 2. The summed E-state index contributed by atoms with van der Waals surface area (Å²) in [7, 11) is 1.59. The summed E-state index contributed by atoms with van der Waals surface area (Å²) in [6, 6.07) is 34.2. The highest BCUT2D eigenvalue weighted by molar-refractivity contribution is 6.35. The molecule has 4 nitrogen and oxygen atoms in total. The molecule has 4 rings (SSSR count). The van der Waals surface area contributed by atoms with Crippen molar-refractivity contribution in [2.75, 3.05) is 7.05 Å². The molecular formula is C32H30Cl2N2O2. The zero-order chi connectivity index (χ0) is 26.9. The van der Waals surface area contributed by atoms with Crippen LogP contribution >= 0.6 is 23.2 Å². The van der Waals surface area contributed by atoms with Gasteiger partial charge in [-0.2, -0.15) is 0 Å². The van der Waals surface area contributed by atoms with Crippen LogP contribution in [-0.2, 0) is 22.6 Å². The Morgan fingerprint density at radius 1 is 0.789 bits per heavy atom. The first kappa shape index (κ1) is 27.4. The van der Waals surface area contributed by atoms with Gasteiger partial charge in [0.15, 0.2) is 0 Å². The minimum atomic E-state index is -0.728. The zero-order valence-corrected chi connectivity index (χ0v) is 22.7. The van der Waals surface area contributed by atoms with Crippen LogP contribution < -0.4 is 5.32 Å². The summed E-state index contributed by atoms with van der Waals surface area (Å²) in [6.07, 6.45) is 0.570. The van der Waals surface area contributed by atoms with Crippen LogP contribution in [0.1, 0.15) is 34.6 Å². The van der Waals surface area contributed by atoms with Crippen molar-refractivity contribution in [3.8, 4) is 0 Å². The molecule has 0 aliphatic rings. The molecule has 2 amide bonds. The van der Waals surface area contributed by atoms with E-state index in [1.165, 1.54) is 0 Å². The molecule has 0 aromatic heterocycles. The van der Waals surface area contributed by atoms with Crippen molar-refractivity contribution in [2.24, 2.45) is 0 Å². The van der Waals surface area contributed by atoms with Crippen molar-refractivity contribution in [1.29, 1.82) is 0 Å². The zero-order valence-electron chi connectivity index (χ0n) is 21.2. The van der Waals surface area contributed by atoms with Gasteiger partial charge in [-0.25, -0.2) is 0 Å². The summed E-state index contributed by atoms with van der Waals surface area (Å²) >= 11 is 12.7. The molecule has 4 aromatic carbocycles. The third-order valence-electron chi connectivity index (χ3n) is 6.66. The second kappa shape index (κ2) is 13.3. The third-order valence-corrected chi connectivity index (χ3v) is 7.24. The summed E-state index contributed by atoms with van der Waals surface area (Å²) in [6.45, 7) is 0.177. The van der Waals surface area contributed by atoms with Gasteiger partial charge in [0, 0.05) is 42.4 Å². The molecule has 1 N–H and O–H groups in total. The molecule has 0 heterocycles. The molecule has 0 aliphatic carbocycles. The van der Waals surface area contributed by atoms with E-state index in [0.29, 0.717) is 16.5 Å². The van der Waals surface area contributed by atoms with Crippen LogP contribution in [0.2, 0.25) is 10.0 Å². The third kappa shape index (κ3) is 7.03. The Morgan fingerprint density at radius 3 is 1.87 bits per heavy atom. The Balaban J connectivity index is 1.73. The lowest BCUT2D eigenvalue weighted by atomic mass is 9.87. The fourth-order valence-electron chi connectivity index (χ4n) is 4.64. The highest BCUT2D eigenvalue weighted by Gasteiger charge is 2.32. The average Bonchev–Trinajstić information content (AvgIpc) is 2.95. The van der Waals surface area contributed by atoms with Gasteiger partial charge in [0.25, 0.3) is 0 Å². The standard InChI is InChI=1S/C32H30Cl2N2O2/c1-35-32(38)30(19-23-11-5-2-6-12-23)36(22-26-17-18-27(33)20-29(26)34)31(37)21-28(24-13-7-3-8-14-24)25-15-9-4-10-16-25/h2-18,20,28,30H,19,21-22H2,1H3,(H,35,38)/t30-/m0/s1. The number of hydrogen-bond acceptors (Lipinski definition) is 2. The number of nitrogens with zero attached hydrogens (tertiary/aromatic N) is 1. The molecule has 0 radical (unpaired) electrons. The topological polar surface area (TPSA) is 49.4 Å². The average molecular weight is 546 g/mol. The van der Waals surface area contributed by atoms with E-state index >= 15 is 0 Å². The Bertz CT molecular complexity index is 1310. The largest absolute Gasteiger partial charge is 0.357 e. The molecule has 0 aliphatic heterocycles. The van der Waals surface area contributed by atoms with E-state index in [0.717, 1.165) is 22.3 Å². The van der Waals surface area contributed by atoms with Gasteiger partial charge in [-0.1, -0.05) is 120 Å². The maximum Gasteiger partial charge on any atom is 0.242 e. The number of carbonyl (C=O) groups is 2. The number of rotatable bonds is 10. The number of hydrogen-bond donors (Lipinski definition) is 1. The van der Waals surface area contributed by atoms with Crippen LogP contribution in [-0.4, -0.2) is 29.8 Å². The van der Waals surface area contributed by atoms with E-state index in [1.54, 1.807) is 30.1 Å². The monoisotopic (exact) mass is 544 g/mol. The highest BCUT2D eigenvalue weighted by atomic mass is 35.5. The molecule has 0 saturated heterocycles. The lowest BCUT2D eigenvalue weighted by Crippen LogP contribution is -2.50. The van der Waals surface area contributed by atoms with Gasteiger partial charge in [-0.05, 0) is 34.4 Å². The molecule has 0 spiro atoms.